The zero-order chi connectivity index (χ0) is 18.7. The molecule has 0 radical (unpaired) electrons. The lowest BCUT2D eigenvalue weighted by atomic mass is 10.2. The Bertz CT molecular complexity index is 904. The molecule has 0 unspecified atom stereocenters. The normalized spacial score (nSPS) is 10.9. The summed E-state index contributed by atoms with van der Waals surface area (Å²) >= 11 is 23.3. The van der Waals surface area contributed by atoms with E-state index >= 15 is 0 Å². The quantitative estimate of drug-likeness (QED) is 0.334. The lowest BCUT2D eigenvalue weighted by molar-refractivity contribution is -0.384. The SMILES string of the molecule is Nc1c(Cl)c(Cl)nc(C(=O)N/N=C/c2cc([N+](=O)[O-])ccc2Cl)c1Cl. The standard InChI is InChI=1S/C13H7Cl4N5O3/c14-7-2-1-6(22(24)25)3-5(7)4-19-21-13(23)11-8(15)10(18)9(16)12(17)20-11/h1-4H,(H2,18,20)(H,21,23)/b19-4+. The zero-order valence-electron chi connectivity index (χ0n) is 12.0. The first-order valence-electron chi connectivity index (χ1n) is 6.29. The van der Waals surface area contributed by atoms with E-state index in [0.717, 1.165) is 6.21 Å². The molecule has 0 atom stereocenters. The molecular formula is C13H7Cl4N5O3. The van der Waals surface area contributed by atoms with Crippen molar-refractivity contribution in [1.29, 1.82) is 0 Å². The minimum atomic E-state index is -0.812. The van der Waals surface area contributed by atoms with Crippen molar-refractivity contribution in [3.63, 3.8) is 0 Å². The predicted molar refractivity (Wildman–Crippen MR) is 96.8 cm³/mol. The smallest absolute Gasteiger partial charge is 0.291 e. The number of nitrogens with one attached hydrogen (secondary N) is 1. The number of nitro groups is 1. The van der Waals surface area contributed by atoms with E-state index < -0.39 is 10.8 Å². The molecule has 25 heavy (non-hydrogen) atoms. The summed E-state index contributed by atoms with van der Waals surface area (Å²) in [6.07, 6.45) is 1.13. The van der Waals surface area contributed by atoms with E-state index in [4.69, 9.17) is 52.1 Å². The maximum Gasteiger partial charge on any atom is 0.291 e. The molecule has 0 fully saturated rings. The van der Waals surface area contributed by atoms with Crippen LogP contribution in [0.4, 0.5) is 11.4 Å². The third-order valence-electron chi connectivity index (χ3n) is 2.85. The Kier molecular flexibility index (Phi) is 6.02. The summed E-state index contributed by atoms with van der Waals surface area (Å²) in [6.45, 7) is 0. The number of hydrogen-bond acceptors (Lipinski definition) is 6. The summed E-state index contributed by atoms with van der Waals surface area (Å²) in [5.74, 6) is -0.812. The number of halogens is 4. The van der Waals surface area contributed by atoms with Crippen LogP contribution in [0.3, 0.4) is 0 Å². The predicted octanol–water partition coefficient (Wildman–Crippen LogP) is 3.95. The third-order valence-corrected chi connectivity index (χ3v) is 4.33. The van der Waals surface area contributed by atoms with Crippen molar-refractivity contribution < 1.29 is 9.72 Å². The van der Waals surface area contributed by atoms with Gasteiger partial charge in [-0.2, -0.15) is 5.10 Å². The van der Waals surface area contributed by atoms with Crippen LogP contribution in [0.15, 0.2) is 23.3 Å². The van der Waals surface area contributed by atoms with Crippen molar-refractivity contribution in [2.45, 2.75) is 0 Å². The molecule has 1 aromatic carbocycles. The molecule has 2 aromatic rings. The number of amides is 1. The first-order valence-corrected chi connectivity index (χ1v) is 7.81. The van der Waals surface area contributed by atoms with Crippen LogP contribution in [0.25, 0.3) is 0 Å². The molecule has 130 valence electrons. The number of nitrogens with two attached hydrogens (primary N) is 1. The van der Waals surface area contributed by atoms with Crippen LogP contribution in [-0.4, -0.2) is 22.0 Å². The van der Waals surface area contributed by atoms with Crippen molar-refractivity contribution in [3.05, 3.63) is 59.8 Å². The molecule has 0 spiro atoms. The van der Waals surface area contributed by atoms with E-state index in [1.807, 2.05) is 0 Å². The van der Waals surface area contributed by atoms with E-state index in [0.29, 0.717) is 0 Å². The average molecular weight is 423 g/mol. The summed E-state index contributed by atoms with van der Waals surface area (Å²) < 4.78 is 0. The van der Waals surface area contributed by atoms with E-state index in [1.54, 1.807) is 0 Å². The molecule has 0 bridgehead atoms. The van der Waals surface area contributed by atoms with E-state index in [9.17, 15) is 14.9 Å². The largest absolute Gasteiger partial charge is 0.396 e. The minimum Gasteiger partial charge on any atom is -0.396 e. The van der Waals surface area contributed by atoms with Gasteiger partial charge >= 0.3 is 0 Å². The molecule has 0 saturated heterocycles. The van der Waals surface area contributed by atoms with Crippen molar-refractivity contribution in [2.75, 3.05) is 5.73 Å². The van der Waals surface area contributed by atoms with Gasteiger partial charge in [0.15, 0.2) is 10.8 Å². The summed E-state index contributed by atoms with van der Waals surface area (Å²) in [6, 6.07) is 3.77. The van der Waals surface area contributed by atoms with E-state index in [-0.39, 0.29) is 42.9 Å². The summed E-state index contributed by atoms with van der Waals surface area (Å²) in [4.78, 5) is 26.0. The summed E-state index contributed by atoms with van der Waals surface area (Å²) in [7, 11) is 0. The lowest BCUT2D eigenvalue weighted by Gasteiger charge is -2.07. The van der Waals surface area contributed by atoms with Crippen molar-refractivity contribution in [3.8, 4) is 0 Å². The van der Waals surface area contributed by atoms with Crippen LogP contribution in [0.1, 0.15) is 16.1 Å². The highest BCUT2D eigenvalue weighted by Crippen LogP contribution is 2.34. The van der Waals surface area contributed by atoms with Gasteiger partial charge in [0.25, 0.3) is 11.6 Å². The molecule has 1 amide bonds. The number of carbonyl (C=O) groups excluding carboxylic acids is 1. The van der Waals surface area contributed by atoms with Crippen LogP contribution in [0.5, 0.6) is 0 Å². The number of nitrogens with zero attached hydrogens (tertiary/aromatic N) is 3. The second-order valence-corrected chi connectivity index (χ2v) is 5.98. The van der Waals surface area contributed by atoms with Gasteiger partial charge in [-0.05, 0) is 6.07 Å². The second kappa shape index (κ2) is 7.83. The molecule has 12 heteroatoms. The van der Waals surface area contributed by atoms with Crippen LogP contribution < -0.4 is 11.2 Å². The Morgan fingerprint density at radius 3 is 2.60 bits per heavy atom. The third kappa shape index (κ3) is 4.29. The second-order valence-electron chi connectivity index (χ2n) is 4.45. The van der Waals surface area contributed by atoms with E-state index in [2.05, 4.69) is 15.5 Å². The Morgan fingerprint density at radius 1 is 1.28 bits per heavy atom. The molecule has 8 nitrogen and oxygen atoms in total. The molecule has 3 N–H and O–H groups in total. The highest BCUT2D eigenvalue weighted by atomic mass is 35.5. The minimum absolute atomic E-state index is 0.0740. The number of nitro benzene ring substituents is 1. The monoisotopic (exact) mass is 421 g/mol. The van der Waals surface area contributed by atoms with Gasteiger partial charge in [-0.1, -0.05) is 46.4 Å². The first-order chi connectivity index (χ1) is 11.7. The highest BCUT2D eigenvalue weighted by Gasteiger charge is 2.19. The fourth-order valence-electron chi connectivity index (χ4n) is 1.64. The number of benzene rings is 1. The van der Waals surface area contributed by atoms with Gasteiger partial charge in [-0.25, -0.2) is 10.4 Å². The average Bonchev–Trinajstić information content (AvgIpc) is 2.57. The number of hydrogen-bond donors (Lipinski definition) is 2. The Morgan fingerprint density at radius 2 is 1.96 bits per heavy atom. The lowest BCUT2D eigenvalue weighted by Crippen LogP contribution is -2.20. The first kappa shape index (κ1) is 19.2. The van der Waals surface area contributed by atoms with Crippen LogP contribution in [-0.2, 0) is 0 Å². The maximum atomic E-state index is 12.1. The Labute approximate surface area is 160 Å². The van der Waals surface area contributed by atoms with E-state index in [1.165, 1.54) is 18.2 Å². The van der Waals surface area contributed by atoms with Gasteiger partial charge < -0.3 is 5.73 Å². The Hall–Kier alpha value is -2.13. The van der Waals surface area contributed by atoms with Gasteiger partial charge in [-0.3, -0.25) is 14.9 Å². The van der Waals surface area contributed by atoms with Gasteiger partial charge in [-0.15, -0.1) is 0 Å². The number of carbonyl (C=O) groups is 1. The molecular weight excluding hydrogens is 416 g/mol. The fourth-order valence-corrected chi connectivity index (χ4v) is 2.40. The number of hydrazone groups is 1. The number of anilines is 1. The molecule has 2 rings (SSSR count). The molecule has 0 aliphatic heterocycles. The number of aromatic nitrogens is 1. The van der Waals surface area contributed by atoms with Crippen molar-refractivity contribution in [2.24, 2.45) is 5.10 Å². The topological polar surface area (TPSA) is 124 Å². The van der Waals surface area contributed by atoms with Crippen molar-refractivity contribution in [1.82, 2.24) is 10.4 Å². The van der Waals surface area contributed by atoms with Gasteiger partial charge in [0.05, 0.1) is 21.8 Å². The van der Waals surface area contributed by atoms with Crippen LogP contribution in [0, 0.1) is 10.1 Å². The van der Waals surface area contributed by atoms with Crippen LogP contribution >= 0.6 is 46.4 Å². The maximum absolute atomic E-state index is 12.1. The summed E-state index contributed by atoms with van der Waals surface area (Å²) in [5, 5.41) is 14.2. The highest BCUT2D eigenvalue weighted by molar-refractivity contribution is 6.46. The number of pyridine rings is 1. The molecule has 1 heterocycles. The molecule has 1 aromatic heterocycles. The Balaban J connectivity index is 2.22. The summed E-state index contributed by atoms with van der Waals surface area (Å²) in [5.41, 5.74) is 7.42. The van der Waals surface area contributed by atoms with Crippen LogP contribution in [0.2, 0.25) is 20.2 Å². The van der Waals surface area contributed by atoms with Gasteiger partial charge in [0.1, 0.15) is 5.02 Å². The van der Waals surface area contributed by atoms with Gasteiger partial charge in [0, 0.05) is 22.7 Å². The zero-order valence-corrected chi connectivity index (χ0v) is 15.0. The number of nitrogen functional groups attached to an aromatic ring is 1. The molecule has 0 aliphatic rings. The number of non-ortho nitro benzene ring substituents is 1. The molecule has 0 aliphatic carbocycles. The van der Waals surface area contributed by atoms with Gasteiger partial charge in [0.2, 0.25) is 0 Å². The number of rotatable bonds is 4. The van der Waals surface area contributed by atoms with Crippen molar-refractivity contribution >= 4 is 69.9 Å². The fraction of sp³-hybridized carbons (Fsp3) is 0. The molecule has 0 saturated carbocycles.